The zero-order valence-corrected chi connectivity index (χ0v) is 18.5. The van der Waals surface area contributed by atoms with E-state index in [1.807, 2.05) is 36.4 Å². The van der Waals surface area contributed by atoms with Crippen molar-refractivity contribution in [3.63, 3.8) is 0 Å². The predicted octanol–water partition coefficient (Wildman–Crippen LogP) is 4.66. The number of hydrogen-bond acceptors (Lipinski definition) is 7. The minimum Gasteiger partial charge on any atom is -0.496 e. The maximum absolute atomic E-state index is 13.5. The Morgan fingerprint density at radius 3 is 2.70 bits per heavy atom. The maximum atomic E-state index is 13.5. The third kappa shape index (κ3) is 4.11. The van der Waals surface area contributed by atoms with Crippen LogP contribution < -0.4 is 20.1 Å². The molecular weight excluding hydrogens is 500 g/mol. The van der Waals surface area contributed by atoms with Crippen molar-refractivity contribution >= 4 is 54.7 Å². The number of nitrogens with zero attached hydrogens (tertiary/aromatic N) is 4. The van der Waals surface area contributed by atoms with Crippen molar-refractivity contribution in [2.24, 2.45) is 4.99 Å². The molecule has 1 saturated heterocycles. The Labute approximate surface area is 187 Å². The lowest BCUT2D eigenvalue weighted by atomic mass is 10.1. The lowest BCUT2D eigenvalue weighted by Gasteiger charge is -2.27. The molecule has 0 amide bonds. The zero-order chi connectivity index (χ0) is 21.1. The second kappa shape index (κ2) is 8.99. The fourth-order valence-electron chi connectivity index (χ4n) is 3.81. The third-order valence-electron chi connectivity index (χ3n) is 5.17. The summed E-state index contributed by atoms with van der Waals surface area (Å²) in [6, 6.07) is 11.9. The molecule has 3 aromatic rings. The predicted molar refractivity (Wildman–Crippen MR) is 125 cm³/mol. The number of benzene rings is 2. The second-order valence-electron chi connectivity index (χ2n) is 6.90. The molecule has 7 nitrogen and oxygen atoms in total. The van der Waals surface area contributed by atoms with Crippen LogP contribution in [0, 0.1) is 0 Å². The van der Waals surface area contributed by atoms with Crippen molar-refractivity contribution < 1.29 is 13.9 Å². The molecule has 0 saturated carbocycles. The highest BCUT2D eigenvalue weighted by molar-refractivity contribution is 14.1. The molecule has 1 aliphatic heterocycles. The van der Waals surface area contributed by atoms with Gasteiger partial charge in [0.1, 0.15) is 24.4 Å². The van der Waals surface area contributed by atoms with Crippen LogP contribution in [-0.2, 0) is 0 Å². The molecule has 4 rings (SSSR count). The summed E-state index contributed by atoms with van der Waals surface area (Å²) in [6.45, 7) is 1.22. The van der Waals surface area contributed by atoms with Gasteiger partial charge in [-0.05, 0) is 25.0 Å². The summed E-state index contributed by atoms with van der Waals surface area (Å²) in [6.07, 6.45) is 3.27. The number of methoxy groups -OCH3 is 1. The smallest absolute Gasteiger partial charge is 0.250 e. The van der Waals surface area contributed by atoms with Crippen molar-refractivity contribution in [3.05, 3.63) is 42.7 Å². The van der Waals surface area contributed by atoms with E-state index in [-0.39, 0.29) is 17.5 Å². The molecule has 9 heteroatoms. The van der Waals surface area contributed by atoms with E-state index < -0.39 is 3.97 Å². The number of nitrogen functional groups attached to an aromatic ring is 1. The number of nitrogens with two attached hydrogens (primary N) is 1. The lowest BCUT2D eigenvalue weighted by molar-refractivity contribution is 0.291. The minimum absolute atomic E-state index is 0.0615. The summed E-state index contributed by atoms with van der Waals surface area (Å²) in [5.74, 6) is 2.27. The van der Waals surface area contributed by atoms with Crippen LogP contribution in [0.5, 0.6) is 11.5 Å². The van der Waals surface area contributed by atoms with Gasteiger partial charge in [0.15, 0.2) is 17.3 Å². The zero-order valence-electron chi connectivity index (χ0n) is 16.4. The van der Waals surface area contributed by atoms with Gasteiger partial charge in [-0.2, -0.15) is 4.39 Å². The normalized spacial score (nSPS) is 16.8. The van der Waals surface area contributed by atoms with E-state index in [2.05, 4.69) is 19.9 Å². The van der Waals surface area contributed by atoms with Crippen LogP contribution in [0.4, 0.5) is 21.7 Å². The Morgan fingerprint density at radius 1 is 1.23 bits per heavy atom. The molecule has 0 aliphatic carbocycles. The number of aliphatic imine (C=N–C) groups is 1. The highest BCUT2D eigenvalue weighted by Gasteiger charge is 2.29. The molecule has 0 spiro atoms. The van der Waals surface area contributed by atoms with Gasteiger partial charge in [0.25, 0.3) is 3.97 Å². The van der Waals surface area contributed by atoms with Gasteiger partial charge < -0.3 is 20.1 Å². The average molecular weight is 521 g/mol. The van der Waals surface area contributed by atoms with Crippen molar-refractivity contribution in [3.8, 4) is 11.5 Å². The van der Waals surface area contributed by atoms with Gasteiger partial charge in [-0.25, -0.2) is 15.0 Å². The average Bonchev–Trinajstić information content (AvgIpc) is 3.21. The standard InChI is InChI=1S/C21H21FIN5O2/c1-29-16-8-9-17(15-7-3-2-6-14(15)16)30-11-13-5-4-10-28(13)20-18(27-21(22)23)19(24)25-12-26-20/h2-3,6-9,12-13H,4-5,10-11H2,1H3,(H2,24,25,26)/t13-/m1/s1. The summed E-state index contributed by atoms with van der Waals surface area (Å²) in [5.41, 5.74) is 6.20. The van der Waals surface area contributed by atoms with Crippen LogP contribution in [-0.4, -0.2) is 40.2 Å². The molecule has 1 atom stereocenters. The number of hydrogen-bond donors (Lipinski definition) is 1. The minimum atomic E-state index is -0.618. The molecular formula is C21H21FIN5O2. The third-order valence-corrected chi connectivity index (χ3v) is 5.41. The fourth-order valence-corrected chi connectivity index (χ4v) is 4.05. The van der Waals surface area contributed by atoms with Gasteiger partial charge >= 0.3 is 0 Å². The molecule has 0 bridgehead atoms. The Bertz CT molecular complexity index is 1090. The van der Waals surface area contributed by atoms with Gasteiger partial charge in [-0.3, -0.25) is 0 Å². The summed E-state index contributed by atoms with van der Waals surface area (Å²) < 4.78 is 24.5. The Morgan fingerprint density at radius 2 is 1.97 bits per heavy atom. The number of fused-ring (bicyclic) bond motifs is 1. The van der Waals surface area contributed by atoms with Crippen LogP contribution in [0.1, 0.15) is 12.8 Å². The number of rotatable bonds is 6. The van der Waals surface area contributed by atoms with Gasteiger partial charge in [-0.15, -0.1) is 0 Å². The molecule has 2 aromatic carbocycles. The summed E-state index contributed by atoms with van der Waals surface area (Å²) in [4.78, 5) is 14.3. The molecule has 2 N–H and O–H groups in total. The van der Waals surface area contributed by atoms with Crippen LogP contribution >= 0.6 is 22.6 Å². The van der Waals surface area contributed by atoms with Crippen molar-refractivity contribution in [1.82, 2.24) is 9.97 Å². The topological polar surface area (TPSA) is 85.9 Å². The Balaban J connectivity index is 1.59. The quantitative estimate of drug-likeness (QED) is 0.375. The number of aromatic nitrogens is 2. The molecule has 1 aromatic heterocycles. The fraction of sp³-hybridized carbons (Fsp3) is 0.286. The first-order valence-corrected chi connectivity index (χ1v) is 10.6. The van der Waals surface area contributed by atoms with E-state index in [1.165, 1.54) is 28.9 Å². The first-order valence-electron chi connectivity index (χ1n) is 9.54. The van der Waals surface area contributed by atoms with Gasteiger partial charge in [-0.1, -0.05) is 24.3 Å². The molecule has 0 radical (unpaired) electrons. The van der Waals surface area contributed by atoms with E-state index >= 15 is 0 Å². The van der Waals surface area contributed by atoms with E-state index in [1.54, 1.807) is 7.11 Å². The SMILES string of the molecule is COc1ccc(OC[C@H]2CCCN2c2ncnc(N)c2N=C(F)I)c2ccccc12. The summed E-state index contributed by atoms with van der Waals surface area (Å²) in [7, 11) is 1.66. The maximum Gasteiger partial charge on any atom is 0.250 e. The van der Waals surface area contributed by atoms with Crippen molar-refractivity contribution in [2.45, 2.75) is 18.9 Å². The first-order chi connectivity index (χ1) is 14.6. The summed E-state index contributed by atoms with van der Waals surface area (Å²) in [5, 5.41) is 1.99. The van der Waals surface area contributed by atoms with Crippen molar-refractivity contribution in [1.29, 1.82) is 0 Å². The molecule has 0 unspecified atom stereocenters. The first kappa shape index (κ1) is 20.6. The van der Waals surface area contributed by atoms with Gasteiger partial charge in [0.05, 0.1) is 13.2 Å². The molecule has 156 valence electrons. The van der Waals surface area contributed by atoms with E-state index in [9.17, 15) is 4.39 Å². The van der Waals surface area contributed by atoms with E-state index in [4.69, 9.17) is 15.2 Å². The monoisotopic (exact) mass is 521 g/mol. The largest absolute Gasteiger partial charge is 0.496 e. The highest BCUT2D eigenvalue weighted by Crippen LogP contribution is 2.37. The van der Waals surface area contributed by atoms with Crippen LogP contribution in [0.3, 0.4) is 0 Å². The number of ether oxygens (including phenoxy) is 2. The van der Waals surface area contributed by atoms with Crippen LogP contribution in [0.2, 0.25) is 0 Å². The van der Waals surface area contributed by atoms with Crippen molar-refractivity contribution in [2.75, 3.05) is 30.9 Å². The number of halogens is 2. The van der Waals surface area contributed by atoms with E-state index in [0.717, 1.165) is 41.7 Å². The second-order valence-corrected chi connectivity index (χ2v) is 7.79. The van der Waals surface area contributed by atoms with Crippen LogP contribution in [0.15, 0.2) is 47.7 Å². The number of anilines is 2. The molecule has 1 aliphatic rings. The van der Waals surface area contributed by atoms with E-state index in [0.29, 0.717) is 12.4 Å². The van der Waals surface area contributed by atoms with Gasteiger partial charge in [0.2, 0.25) is 0 Å². The highest BCUT2D eigenvalue weighted by atomic mass is 127. The molecule has 1 fully saturated rings. The van der Waals surface area contributed by atoms with Crippen LogP contribution in [0.25, 0.3) is 10.8 Å². The van der Waals surface area contributed by atoms with Gasteiger partial charge in [0, 0.05) is 39.9 Å². The lowest BCUT2D eigenvalue weighted by Crippen LogP contribution is -2.35. The molecule has 30 heavy (non-hydrogen) atoms. The Hall–Kier alpha value is -2.69. The summed E-state index contributed by atoms with van der Waals surface area (Å²) >= 11 is 1.50. The molecule has 2 heterocycles. The Kier molecular flexibility index (Phi) is 6.16.